The molecule has 3 heteroatoms. The van der Waals surface area contributed by atoms with Gasteiger partial charge in [0.1, 0.15) is 0 Å². The molecule has 0 saturated carbocycles. The molecule has 0 bridgehead atoms. The van der Waals surface area contributed by atoms with Crippen LogP contribution in [0, 0.1) is 0 Å². The maximum Gasteiger partial charge on any atom is 0.0780 e. The average molecular weight is 363 g/mol. The number of rotatable bonds is 4. The van der Waals surface area contributed by atoms with Crippen molar-refractivity contribution in [1.29, 1.82) is 0 Å². The molecule has 0 spiro atoms. The zero-order valence-electron chi connectivity index (χ0n) is 15.5. The molecule has 0 amide bonds. The maximum atomic E-state index is 5.96. The predicted octanol–water partition coefficient (Wildman–Crippen LogP) is 5.78. The molecular weight excluding hydrogens is 342 g/mol. The molecule has 1 aromatic heterocycles. The molecule has 5 aromatic rings. The number of anilines is 1. The molecule has 1 heterocycles. The third-order valence-electron chi connectivity index (χ3n) is 5.21. The lowest BCUT2D eigenvalue weighted by Gasteiger charge is -2.16. The smallest absolute Gasteiger partial charge is 0.0780 e. The fraction of sp³-hybridized carbons (Fsp3) is 0.0400. The van der Waals surface area contributed by atoms with E-state index in [2.05, 4.69) is 94.8 Å². The van der Waals surface area contributed by atoms with Gasteiger partial charge in [-0.25, -0.2) is 0 Å². The molecule has 3 N–H and O–H groups in total. The fourth-order valence-electron chi connectivity index (χ4n) is 4.04. The molecule has 0 saturated heterocycles. The number of aromatic nitrogens is 1. The molecular formula is C25H21N3. The minimum Gasteiger partial charge on any atom is -0.370 e. The van der Waals surface area contributed by atoms with Crippen LogP contribution in [0.5, 0.6) is 0 Å². The van der Waals surface area contributed by atoms with Crippen molar-refractivity contribution in [2.45, 2.75) is 0 Å². The van der Waals surface area contributed by atoms with E-state index in [0.717, 1.165) is 22.5 Å². The van der Waals surface area contributed by atoms with Crippen molar-refractivity contribution in [2.75, 3.05) is 12.0 Å². The number of nitrogens with one attached hydrogen (secondary N) is 1. The molecule has 3 nitrogen and oxygen atoms in total. The summed E-state index contributed by atoms with van der Waals surface area (Å²) >= 11 is 0. The molecule has 0 fully saturated rings. The van der Waals surface area contributed by atoms with Gasteiger partial charge in [-0.05, 0) is 23.8 Å². The highest BCUT2D eigenvalue weighted by atomic mass is 15.0. The van der Waals surface area contributed by atoms with Crippen molar-refractivity contribution >= 4 is 27.5 Å². The van der Waals surface area contributed by atoms with Gasteiger partial charge in [0, 0.05) is 22.0 Å². The van der Waals surface area contributed by atoms with Gasteiger partial charge in [0.25, 0.3) is 0 Å². The van der Waals surface area contributed by atoms with Gasteiger partial charge in [0.05, 0.1) is 23.4 Å². The summed E-state index contributed by atoms with van der Waals surface area (Å²) in [5.74, 6) is 0. The Morgan fingerprint density at radius 1 is 0.679 bits per heavy atom. The lowest BCUT2D eigenvalue weighted by atomic mass is 10.0. The summed E-state index contributed by atoms with van der Waals surface area (Å²) in [5.41, 5.74) is 12.8. The second kappa shape index (κ2) is 6.87. The van der Waals surface area contributed by atoms with Crippen LogP contribution in [-0.4, -0.2) is 11.2 Å². The number of benzene rings is 4. The van der Waals surface area contributed by atoms with Gasteiger partial charge in [-0.3, -0.25) is 0 Å². The fourth-order valence-corrected chi connectivity index (χ4v) is 4.04. The maximum absolute atomic E-state index is 5.96. The first kappa shape index (κ1) is 16.6. The SMILES string of the molecule is NCNc1c(-c2ccccc2)ccc2c3ccccc3n(-c3ccccc3)c12. The van der Waals surface area contributed by atoms with Crippen LogP contribution in [0.1, 0.15) is 0 Å². The van der Waals surface area contributed by atoms with Crippen LogP contribution in [0.25, 0.3) is 38.6 Å². The monoisotopic (exact) mass is 363 g/mol. The van der Waals surface area contributed by atoms with Gasteiger partial charge in [0.2, 0.25) is 0 Å². The van der Waals surface area contributed by atoms with Gasteiger partial charge in [-0.2, -0.15) is 0 Å². The highest BCUT2D eigenvalue weighted by molar-refractivity contribution is 6.15. The van der Waals surface area contributed by atoms with Gasteiger partial charge in [-0.1, -0.05) is 78.9 Å². The lowest BCUT2D eigenvalue weighted by molar-refractivity contribution is 1.13. The van der Waals surface area contributed by atoms with E-state index in [1.807, 2.05) is 12.1 Å². The molecule has 136 valence electrons. The number of nitrogens with zero attached hydrogens (tertiary/aromatic N) is 1. The van der Waals surface area contributed by atoms with Crippen molar-refractivity contribution in [1.82, 2.24) is 4.57 Å². The summed E-state index contributed by atoms with van der Waals surface area (Å²) in [4.78, 5) is 0. The van der Waals surface area contributed by atoms with Crippen LogP contribution in [0.4, 0.5) is 5.69 Å². The number of hydrogen-bond acceptors (Lipinski definition) is 2. The van der Waals surface area contributed by atoms with Crippen LogP contribution >= 0.6 is 0 Å². The number of fused-ring (bicyclic) bond motifs is 3. The van der Waals surface area contributed by atoms with E-state index < -0.39 is 0 Å². The molecule has 0 aliphatic rings. The van der Waals surface area contributed by atoms with E-state index in [1.54, 1.807) is 0 Å². The standard InChI is InChI=1S/C25H21N3/c26-17-27-24-20(18-9-3-1-4-10-18)15-16-22-21-13-7-8-14-23(21)28(25(22)24)19-11-5-2-6-12-19/h1-16,27H,17,26H2. The van der Waals surface area contributed by atoms with Crippen LogP contribution in [0.2, 0.25) is 0 Å². The Morgan fingerprint density at radius 3 is 2.11 bits per heavy atom. The summed E-state index contributed by atoms with van der Waals surface area (Å²) in [6.45, 7) is 0.370. The van der Waals surface area contributed by atoms with Gasteiger partial charge in [0.15, 0.2) is 0 Å². The summed E-state index contributed by atoms with van der Waals surface area (Å²) in [5, 5.41) is 5.90. The largest absolute Gasteiger partial charge is 0.370 e. The minimum atomic E-state index is 0.370. The first-order valence-electron chi connectivity index (χ1n) is 9.49. The Hall–Kier alpha value is -3.56. The summed E-state index contributed by atoms with van der Waals surface area (Å²) in [7, 11) is 0. The van der Waals surface area contributed by atoms with E-state index in [0.29, 0.717) is 6.67 Å². The first-order chi connectivity index (χ1) is 13.9. The van der Waals surface area contributed by atoms with Crippen molar-refractivity contribution in [2.24, 2.45) is 5.73 Å². The van der Waals surface area contributed by atoms with Crippen LogP contribution in [0.3, 0.4) is 0 Å². The molecule has 0 radical (unpaired) electrons. The topological polar surface area (TPSA) is 43.0 Å². The van der Waals surface area contributed by atoms with Crippen LogP contribution < -0.4 is 11.1 Å². The van der Waals surface area contributed by atoms with Crippen molar-refractivity contribution in [3.63, 3.8) is 0 Å². The van der Waals surface area contributed by atoms with E-state index >= 15 is 0 Å². The lowest BCUT2D eigenvalue weighted by Crippen LogP contribution is -2.12. The average Bonchev–Trinajstić information content (AvgIpc) is 3.10. The molecule has 5 rings (SSSR count). The quantitative estimate of drug-likeness (QED) is 0.398. The number of para-hydroxylation sites is 2. The van der Waals surface area contributed by atoms with E-state index in [9.17, 15) is 0 Å². The normalized spacial score (nSPS) is 11.2. The summed E-state index contributed by atoms with van der Waals surface area (Å²) in [6.07, 6.45) is 0. The minimum absolute atomic E-state index is 0.370. The second-order valence-electron chi connectivity index (χ2n) is 6.82. The van der Waals surface area contributed by atoms with Crippen molar-refractivity contribution in [3.8, 4) is 16.8 Å². The third-order valence-corrected chi connectivity index (χ3v) is 5.21. The molecule has 0 aliphatic carbocycles. The molecule has 0 aliphatic heterocycles. The first-order valence-corrected chi connectivity index (χ1v) is 9.49. The van der Waals surface area contributed by atoms with E-state index in [1.165, 1.54) is 21.9 Å². The van der Waals surface area contributed by atoms with Gasteiger partial charge >= 0.3 is 0 Å². The van der Waals surface area contributed by atoms with Crippen LogP contribution in [-0.2, 0) is 0 Å². The summed E-state index contributed by atoms with van der Waals surface area (Å²) in [6, 6.07) is 33.9. The van der Waals surface area contributed by atoms with Crippen molar-refractivity contribution in [3.05, 3.63) is 97.1 Å². The van der Waals surface area contributed by atoms with E-state index in [-0.39, 0.29) is 0 Å². The Balaban J connectivity index is 1.95. The highest BCUT2D eigenvalue weighted by Crippen LogP contribution is 2.41. The predicted molar refractivity (Wildman–Crippen MR) is 119 cm³/mol. The number of nitrogens with two attached hydrogens (primary N) is 1. The second-order valence-corrected chi connectivity index (χ2v) is 6.82. The van der Waals surface area contributed by atoms with Gasteiger partial charge in [-0.15, -0.1) is 0 Å². The Bertz CT molecular complexity index is 1250. The Kier molecular flexibility index (Phi) is 4.08. The zero-order valence-corrected chi connectivity index (χ0v) is 15.5. The molecule has 0 unspecified atom stereocenters. The third kappa shape index (κ3) is 2.56. The van der Waals surface area contributed by atoms with Crippen LogP contribution in [0.15, 0.2) is 97.1 Å². The highest BCUT2D eigenvalue weighted by Gasteiger charge is 2.18. The van der Waals surface area contributed by atoms with Crippen molar-refractivity contribution < 1.29 is 0 Å². The molecule has 4 aromatic carbocycles. The molecule has 0 atom stereocenters. The van der Waals surface area contributed by atoms with E-state index in [4.69, 9.17) is 5.73 Å². The molecule has 28 heavy (non-hydrogen) atoms. The van der Waals surface area contributed by atoms with Gasteiger partial charge < -0.3 is 15.6 Å². The summed E-state index contributed by atoms with van der Waals surface area (Å²) < 4.78 is 2.33. The Morgan fingerprint density at radius 2 is 1.36 bits per heavy atom. The Labute approximate surface area is 164 Å². The number of hydrogen-bond donors (Lipinski definition) is 2. The zero-order chi connectivity index (χ0) is 18.9.